The molecule has 1 atom stereocenters. The minimum absolute atomic E-state index is 0.168. The van der Waals surface area contributed by atoms with Crippen molar-refractivity contribution in [1.82, 2.24) is 15.6 Å². The molecule has 0 radical (unpaired) electrons. The molecule has 16 heavy (non-hydrogen) atoms. The number of rotatable bonds is 5. The SMILES string of the molecule is CCC[C@@H](NC(=O)c1nonc1N)C(=O)O. The van der Waals surface area contributed by atoms with Crippen molar-refractivity contribution in [3.8, 4) is 0 Å². The van der Waals surface area contributed by atoms with Gasteiger partial charge in [0.15, 0.2) is 0 Å². The summed E-state index contributed by atoms with van der Waals surface area (Å²) >= 11 is 0. The van der Waals surface area contributed by atoms with E-state index in [2.05, 4.69) is 20.3 Å². The lowest BCUT2D eigenvalue weighted by Crippen LogP contribution is -2.41. The molecule has 1 aromatic heterocycles. The van der Waals surface area contributed by atoms with Crippen LogP contribution in [-0.4, -0.2) is 33.3 Å². The van der Waals surface area contributed by atoms with Gasteiger partial charge in [-0.05, 0) is 16.7 Å². The Morgan fingerprint density at radius 3 is 2.69 bits per heavy atom. The van der Waals surface area contributed by atoms with Crippen LogP contribution in [0.25, 0.3) is 0 Å². The first-order chi connectivity index (χ1) is 7.56. The van der Waals surface area contributed by atoms with Crippen LogP contribution < -0.4 is 11.1 Å². The van der Waals surface area contributed by atoms with Crippen LogP contribution in [0.15, 0.2) is 4.63 Å². The lowest BCUT2D eigenvalue weighted by molar-refractivity contribution is -0.139. The van der Waals surface area contributed by atoms with Gasteiger partial charge in [0.25, 0.3) is 5.91 Å². The highest BCUT2D eigenvalue weighted by Gasteiger charge is 2.23. The molecule has 0 aliphatic rings. The molecular weight excluding hydrogens is 216 g/mol. The maximum Gasteiger partial charge on any atom is 0.326 e. The smallest absolute Gasteiger partial charge is 0.326 e. The molecule has 1 rings (SSSR count). The van der Waals surface area contributed by atoms with E-state index in [0.717, 1.165) is 0 Å². The number of nitrogens with zero attached hydrogens (tertiary/aromatic N) is 2. The summed E-state index contributed by atoms with van der Waals surface area (Å²) in [4.78, 5) is 22.3. The van der Waals surface area contributed by atoms with Crippen molar-refractivity contribution < 1.29 is 19.3 Å². The van der Waals surface area contributed by atoms with Gasteiger partial charge in [0.2, 0.25) is 11.5 Å². The highest BCUT2D eigenvalue weighted by Crippen LogP contribution is 2.05. The number of hydrogen-bond acceptors (Lipinski definition) is 6. The highest BCUT2D eigenvalue weighted by atomic mass is 16.6. The number of nitrogen functional groups attached to an aromatic ring is 1. The lowest BCUT2D eigenvalue weighted by Gasteiger charge is -2.11. The maximum absolute atomic E-state index is 11.5. The molecule has 1 heterocycles. The van der Waals surface area contributed by atoms with Gasteiger partial charge in [-0.2, -0.15) is 0 Å². The first kappa shape index (κ1) is 12.0. The molecule has 8 nitrogen and oxygen atoms in total. The van der Waals surface area contributed by atoms with E-state index in [1.165, 1.54) is 0 Å². The zero-order valence-corrected chi connectivity index (χ0v) is 8.64. The molecule has 0 saturated heterocycles. The second-order valence-electron chi connectivity index (χ2n) is 3.15. The summed E-state index contributed by atoms with van der Waals surface area (Å²) in [7, 11) is 0. The van der Waals surface area contributed by atoms with Gasteiger partial charge in [0.1, 0.15) is 6.04 Å². The highest BCUT2D eigenvalue weighted by molar-refractivity contribution is 5.98. The number of anilines is 1. The van der Waals surface area contributed by atoms with Crippen LogP contribution in [0.1, 0.15) is 30.3 Å². The van der Waals surface area contributed by atoms with Crippen LogP contribution in [0.2, 0.25) is 0 Å². The van der Waals surface area contributed by atoms with Crippen molar-refractivity contribution >= 4 is 17.7 Å². The van der Waals surface area contributed by atoms with Crippen LogP contribution >= 0.6 is 0 Å². The Morgan fingerprint density at radius 2 is 2.25 bits per heavy atom. The van der Waals surface area contributed by atoms with Gasteiger partial charge in [0, 0.05) is 0 Å². The monoisotopic (exact) mass is 228 g/mol. The van der Waals surface area contributed by atoms with Gasteiger partial charge < -0.3 is 16.2 Å². The van der Waals surface area contributed by atoms with Gasteiger partial charge in [-0.1, -0.05) is 13.3 Å². The minimum Gasteiger partial charge on any atom is -0.480 e. The normalized spacial score (nSPS) is 12.1. The van der Waals surface area contributed by atoms with Crippen molar-refractivity contribution in [2.75, 3.05) is 5.73 Å². The van der Waals surface area contributed by atoms with Crippen molar-refractivity contribution in [1.29, 1.82) is 0 Å². The topological polar surface area (TPSA) is 131 Å². The molecule has 1 aromatic rings. The molecular formula is C8H12N4O4. The first-order valence-corrected chi connectivity index (χ1v) is 4.68. The molecule has 88 valence electrons. The standard InChI is InChI=1S/C8H12N4O4/c1-2-3-4(8(14)15)10-7(13)5-6(9)12-16-11-5/h4H,2-3H2,1H3,(H2,9,12)(H,10,13)(H,14,15)/t4-/m1/s1. The average molecular weight is 228 g/mol. The largest absolute Gasteiger partial charge is 0.480 e. The fraction of sp³-hybridized carbons (Fsp3) is 0.500. The zero-order chi connectivity index (χ0) is 12.1. The van der Waals surface area contributed by atoms with E-state index in [4.69, 9.17) is 10.8 Å². The van der Waals surface area contributed by atoms with Gasteiger partial charge >= 0.3 is 5.97 Å². The van der Waals surface area contributed by atoms with Gasteiger partial charge in [0.05, 0.1) is 0 Å². The molecule has 4 N–H and O–H groups in total. The quantitative estimate of drug-likeness (QED) is 0.626. The third-order valence-electron chi connectivity index (χ3n) is 1.91. The van der Waals surface area contributed by atoms with Crippen molar-refractivity contribution in [2.24, 2.45) is 0 Å². The second-order valence-corrected chi connectivity index (χ2v) is 3.15. The summed E-state index contributed by atoms with van der Waals surface area (Å²) in [5.41, 5.74) is 5.09. The summed E-state index contributed by atoms with van der Waals surface area (Å²) in [5.74, 6) is -1.98. The number of carbonyl (C=O) groups is 2. The first-order valence-electron chi connectivity index (χ1n) is 4.68. The van der Waals surface area contributed by atoms with Crippen molar-refractivity contribution in [2.45, 2.75) is 25.8 Å². The molecule has 0 aliphatic heterocycles. The number of nitrogens with one attached hydrogen (secondary N) is 1. The van der Waals surface area contributed by atoms with E-state index < -0.39 is 17.9 Å². The van der Waals surface area contributed by atoms with E-state index in [-0.39, 0.29) is 11.5 Å². The van der Waals surface area contributed by atoms with E-state index in [9.17, 15) is 9.59 Å². The third kappa shape index (κ3) is 2.69. The average Bonchev–Trinajstić information content (AvgIpc) is 2.63. The van der Waals surface area contributed by atoms with Crippen LogP contribution in [0.3, 0.4) is 0 Å². The fourth-order valence-corrected chi connectivity index (χ4v) is 1.13. The predicted octanol–water partition coefficient (Wildman–Crippen LogP) is -0.365. The Hall–Kier alpha value is -2.12. The molecule has 0 unspecified atom stereocenters. The van der Waals surface area contributed by atoms with Gasteiger partial charge in [-0.3, -0.25) is 4.79 Å². The van der Waals surface area contributed by atoms with E-state index in [1.807, 2.05) is 6.92 Å². The molecule has 8 heteroatoms. The van der Waals surface area contributed by atoms with Crippen LogP contribution in [0.5, 0.6) is 0 Å². The van der Waals surface area contributed by atoms with Crippen molar-refractivity contribution in [3.63, 3.8) is 0 Å². The number of hydrogen-bond donors (Lipinski definition) is 3. The molecule has 0 saturated carbocycles. The maximum atomic E-state index is 11.5. The molecule has 0 fully saturated rings. The van der Waals surface area contributed by atoms with Crippen LogP contribution in [0, 0.1) is 0 Å². The number of carboxylic acid groups (broad SMARTS) is 1. The van der Waals surface area contributed by atoms with Crippen LogP contribution in [-0.2, 0) is 4.79 Å². The fourth-order valence-electron chi connectivity index (χ4n) is 1.13. The van der Waals surface area contributed by atoms with E-state index in [0.29, 0.717) is 12.8 Å². The lowest BCUT2D eigenvalue weighted by atomic mass is 10.1. The minimum atomic E-state index is -1.11. The van der Waals surface area contributed by atoms with E-state index in [1.54, 1.807) is 0 Å². The number of aromatic nitrogens is 2. The summed E-state index contributed by atoms with van der Waals surface area (Å²) in [6.07, 6.45) is 0.954. The second kappa shape index (κ2) is 5.10. The molecule has 0 spiro atoms. The van der Waals surface area contributed by atoms with Crippen molar-refractivity contribution in [3.05, 3.63) is 5.69 Å². The number of aliphatic carboxylic acids is 1. The number of nitrogens with two attached hydrogens (primary N) is 1. The Kier molecular flexibility index (Phi) is 3.81. The third-order valence-corrected chi connectivity index (χ3v) is 1.91. The van der Waals surface area contributed by atoms with Gasteiger partial charge in [-0.25, -0.2) is 9.42 Å². The molecule has 0 aromatic carbocycles. The number of carboxylic acids is 1. The number of amides is 1. The van der Waals surface area contributed by atoms with Gasteiger partial charge in [-0.15, -0.1) is 0 Å². The Bertz CT molecular complexity index is 389. The molecule has 0 aliphatic carbocycles. The predicted molar refractivity (Wildman–Crippen MR) is 52.5 cm³/mol. The molecule has 0 bridgehead atoms. The summed E-state index contributed by atoms with van der Waals surface area (Å²) in [6, 6.07) is -0.964. The Morgan fingerprint density at radius 1 is 1.56 bits per heavy atom. The Balaban J connectivity index is 2.69. The zero-order valence-electron chi connectivity index (χ0n) is 8.64. The summed E-state index contributed by atoms with van der Waals surface area (Å²) in [5, 5.41) is 17.6. The summed E-state index contributed by atoms with van der Waals surface area (Å²) < 4.78 is 4.24. The van der Waals surface area contributed by atoms with Crippen LogP contribution in [0.4, 0.5) is 5.82 Å². The Labute approximate surface area is 90.8 Å². The molecule has 1 amide bonds. The number of carbonyl (C=O) groups excluding carboxylic acids is 1. The van der Waals surface area contributed by atoms with E-state index >= 15 is 0 Å². The summed E-state index contributed by atoms with van der Waals surface area (Å²) in [6.45, 7) is 1.81.